The number of aryl methyl sites for hydroxylation is 1. The molecule has 0 radical (unpaired) electrons. The van der Waals surface area contributed by atoms with Gasteiger partial charge in [0, 0.05) is 34.4 Å². The summed E-state index contributed by atoms with van der Waals surface area (Å²) < 4.78 is 73.4. The molecule has 1 aliphatic rings. The van der Waals surface area contributed by atoms with Crippen molar-refractivity contribution in [3.05, 3.63) is 18.2 Å². The van der Waals surface area contributed by atoms with Crippen molar-refractivity contribution in [1.82, 2.24) is 9.55 Å². The molecule has 4 nitrogen and oxygen atoms in total. The Morgan fingerprint density at radius 1 is 1.93 bits per heavy atom. The number of nitrogens with zero attached hydrogens (tertiary/aromatic N) is 2. The highest BCUT2D eigenvalue weighted by Crippen LogP contribution is 2.27. The number of carbonyl (C=O) groups is 1. The molecule has 0 bridgehead atoms. The van der Waals surface area contributed by atoms with Crippen LogP contribution in [0.15, 0.2) is 12.5 Å². The van der Waals surface area contributed by atoms with Crippen LogP contribution in [0.3, 0.4) is 0 Å². The number of aromatic nitrogens is 2. The number of rotatable bonds is 3. The summed E-state index contributed by atoms with van der Waals surface area (Å²) in [6.45, 7) is -7.81. The summed E-state index contributed by atoms with van der Waals surface area (Å²) in [5.74, 6) is -5.11. The fourth-order valence-corrected chi connectivity index (χ4v) is 1.45. The first-order chi connectivity index (χ1) is 10.7. The molecule has 0 aromatic carbocycles. The summed E-state index contributed by atoms with van der Waals surface area (Å²) >= 11 is 0. The van der Waals surface area contributed by atoms with E-state index >= 15 is 0 Å². The summed E-state index contributed by atoms with van der Waals surface area (Å²) in [4.78, 5) is 15.7. The number of carbonyl (C=O) groups excluding carboxylic acids is 1. The average Bonchev–Trinajstić information content (AvgIpc) is 2.85. The van der Waals surface area contributed by atoms with Crippen LogP contribution in [-0.2, 0) is 22.9 Å². The zero-order valence-corrected chi connectivity index (χ0v) is 7.86. The third-order valence-corrected chi connectivity index (χ3v) is 2.30. The van der Waals surface area contributed by atoms with E-state index in [0.717, 1.165) is 10.9 Å². The van der Waals surface area contributed by atoms with Crippen LogP contribution >= 0.6 is 0 Å². The van der Waals surface area contributed by atoms with Crippen LogP contribution < -0.4 is 0 Å². The maximum atomic E-state index is 12.0. The van der Waals surface area contributed by atoms with Crippen molar-refractivity contribution in [2.75, 3.05) is 6.56 Å². The van der Waals surface area contributed by atoms with E-state index in [4.69, 9.17) is 12.3 Å². The third-order valence-electron chi connectivity index (χ3n) is 2.30. The first-order valence-corrected chi connectivity index (χ1v) is 4.42. The molecule has 0 unspecified atom stereocenters. The number of hydrogen-bond acceptors (Lipinski definition) is 3. The zero-order valence-electron chi connectivity index (χ0n) is 16.9. The predicted molar refractivity (Wildman–Crippen MR) is 55.1 cm³/mol. The first kappa shape index (κ1) is 3.92. The SMILES string of the molecule is [2H]C([2H])([2H])C[C@]1([2H])C(=O)OC([2H])([2H])[C@@H]1Cc1cncn1C([2H])([2H])[2H]. The molecule has 1 saturated heterocycles. The molecule has 1 fully saturated rings. The first-order valence-electron chi connectivity index (χ1n) is 8.92. The van der Waals surface area contributed by atoms with Gasteiger partial charge in [-0.05, 0) is 12.8 Å². The van der Waals surface area contributed by atoms with Crippen molar-refractivity contribution in [3.63, 3.8) is 0 Å². The van der Waals surface area contributed by atoms with Gasteiger partial charge < -0.3 is 9.30 Å². The van der Waals surface area contributed by atoms with Gasteiger partial charge in [-0.15, -0.1) is 0 Å². The van der Waals surface area contributed by atoms with E-state index in [2.05, 4.69) is 9.72 Å². The summed E-state index contributed by atoms with van der Waals surface area (Å²) in [7, 11) is 0. The molecule has 0 N–H and O–H groups in total. The lowest BCUT2D eigenvalue weighted by molar-refractivity contribution is -0.141. The standard InChI is InChI=1S/C11H16N2O2/c1-3-10-8(6-15-11(10)14)4-9-5-12-7-13(9)2/h5,7-8,10H,3-4,6H2,1-2H3/t8-,10-/m0/s1/i1D3,2D3,6D2,10D. The molecule has 0 saturated carbocycles. The van der Waals surface area contributed by atoms with Gasteiger partial charge in [0.2, 0.25) is 0 Å². The minimum Gasteiger partial charge on any atom is -0.465 e. The fraction of sp³-hybridized carbons (Fsp3) is 0.636. The van der Waals surface area contributed by atoms with E-state index < -0.39 is 44.6 Å². The fourth-order valence-electron chi connectivity index (χ4n) is 1.45. The molecule has 2 atom stereocenters. The minimum absolute atomic E-state index is 0.0596. The highest BCUT2D eigenvalue weighted by Gasteiger charge is 2.35. The number of hydrogen-bond donors (Lipinski definition) is 0. The highest BCUT2D eigenvalue weighted by molar-refractivity contribution is 5.74. The second-order valence-electron chi connectivity index (χ2n) is 3.22. The van der Waals surface area contributed by atoms with Crippen LogP contribution in [0, 0.1) is 11.8 Å². The van der Waals surface area contributed by atoms with Gasteiger partial charge in [0.15, 0.2) is 0 Å². The Labute approximate surface area is 102 Å². The molecule has 2 heterocycles. The molecule has 1 aliphatic heterocycles. The van der Waals surface area contributed by atoms with E-state index in [1.807, 2.05) is 0 Å². The molecule has 4 heteroatoms. The summed E-state index contributed by atoms with van der Waals surface area (Å²) in [6.07, 6.45) is 0.938. The number of cyclic esters (lactones) is 1. The highest BCUT2D eigenvalue weighted by atomic mass is 16.5. The van der Waals surface area contributed by atoms with Gasteiger partial charge in [-0.1, -0.05) is 6.85 Å². The normalized spacial score (nSPS) is 44.4. The van der Waals surface area contributed by atoms with Gasteiger partial charge in [0.05, 0.1) is 21.5 Å². The van der Waals surface area contributed by atoms with Crippen molar-refractivity contribution >= 4 is 5.97 Å². The third kappa shape index (κ3) is 1.89. The van der Waals surface area contributed by atoms with Gasteiger partial charge in [-0.2, -0.15) is 0 Å². The Hall–Kier alpha value is -1.32. The Balaban J connectivity index is 2.42. The molecule has 82 valence electrons. The van der Waals surface area contributed by atoms with Crippen molar-refractivity contribution < 1.29 is 21.9 Å². The maximum Gasteiger partial charge on any atom is 0.309 e. The molecule has 2 rings (SSSR count). The molecule has 1 aromatic rings. The molecule has 1 aromatic heterocycles. The predicted octanol–water partition coefficient (Wildman–Crippen LogP) is 1.16. The second kappa shape index (κ2) is 4.04. The van der Waals surface area contributed by atoms with Crippen LogP contribution in [0.5, 0.6) is 0 Å². The van der Waals surface area contributed by atoms with Crippen molar-refractivity contribution in [2.24, 2.45) is 18.8 Å². The number of ether oxygens (including phenoxy) is 1. The van der Waals surface area contributed by atoms with Crippen LogP contribution in [0.25, 0.3) is 0 Å². The average molecular weight is 217 g/mol. The largest absolute Gasteiger partial charge is 0.465 e. The molecule has 0 spiro atoms. The van der Waals surface area contributed by atoms with Crippen LogP contribution in [-0.4, -0.2) is 22.1 Å². The Morgan fingerprint density at radius 3 is 3.67 bits per heavy atom. The van der Waals surface area contributed by atoms with Crippen molar-refractivity contribution in [1.29, 1.82) is 0 Å². The van der Waals surface area contributed by atoms with Gasteiger partial charge in [0.25, 0.3) is 0 Å². The van der Waals surface area contributed by atoms with Crippen LogP contribution in [0.4, 0.5) is 0 Å². The molecular weight excluding hydrogens is 192 g/mol. The van der Waals surface area contributed by atoms with E-state index in [9.17, 15) is 4.79 Å². The lowest BCUT2D eigenvalue weighted by Crippen LogP contribution is -2.18. The lowest BCUT2D eigenvalue weighted by Gasteiger charge is -2.12. The second-order valence-corrected chi connectivity index (χ2v) is 3.22. The number of imidazole rings is 1. The minimum atomic E-state index is -2.65. The monoisotopic (exact) mass is 217 g/mol. The molecular formula is C11H16N2O2. The maximum absolute atomic E-state index is 12.0. The van der Waals surface area contributed by atoms with Gasteiger partial charge in [0.1, 0.15) is 0 Å². The van der Waals surface area contributed by atoms with Gasteiger partial charge in [-0.25, -0.2) is 4.98 Å². The van der Waals surface area contributed by atoms with E-state index in [-0.39, 0.29) is 12.1 Å². The van der Waals surface area contributed by atoms with Crippen LogP contribution in [0.1, 0.15) is 31.3 Å². The Kier molecular flexibility index (Phi) is 1.06. The summed E-state index contributed by atoms with van der Waals surface area (Å²) in [6, 6.07) is 0. The zero-order chi connectivity index (χ0) is 18.6. The molecule has 15 heavy (non-hydrogen) atoms. The quantitative estimate of drug-likeness (QED) is 0.714. The Morgan fingerprint density at radius 2 is 2.87 bits per heavy atom. The lowest BCUT2D eigenvalue weighted by atomic mass is 9.89. The van der Waals surface area contributed by atoms with Crippen LogP contribution in [0.2, 0.25) is 0 Å². The van der Waals surface area contributed by atoms with Crippen molar-refractivity contribution in [2.45, 2.75) is 19.7 Å². The van der Waals surface area contributed by atoms with Gasteiger partial charge in [-0.3, -0.25) is 4.79 Å². The number of esters is 1. The van der Waals surface area contributed by atoms with E-state index in [0.29, 0.717) is 0 Å². The van der Waals surface area contributed by atoms with Gasteiger partial charge >= 0.3 is 5.97 Å². The smallest absolute Gasteiger partial charge is 0.309 e. The van der Waals surface area contributed by atoms with E-state index in [1.54, 1.807) is 0 Å². The molecule has 0 aliphatic carbocycles. The van der Waals surface area contributed by atoms with E-state index in [1.165, 1.54) is 6.20 Å². The van der Waals surface area contributed by atoms with Crippen molar-refractivity contribution in [3.8, 4) is 0 Å². The summed E-state index contributed by atoms with van der Waals surface area (Å²) in [5, 5.41) is 0. The molecule has 0 amide bonds. The topological polar surface area (TPSA) is 44.1 Å². The summed E-state index contributed by atoms with van der Waals surface area (Å²) in [5.41, 5.74) is 0.0596. The Bertz CT molecular complexity index is 636.